The quantitative estimate of drug-likeness (QED) is 0.737. The van der Waals surface area contributed by atoms with Crippen molar-refractivity contribution in [3.8, 4) is 5.69 Å². The molecule has 1 aliphatic heterocycles. The Bertz CT molecular complexity index is 760. The van der Waals surface area contributed by atoms with Crippen LogP contribution in [-0.2, 0) is 6.42 Å². The average Bonchev–Trinajstić information content (AvgIpc) is 3.25. The number of hydrogen-bond acceptors (Lipinski definition) is 3. The van der Waals surface area contributed by atoms with E-state index < -0.39 is 0 Å². The van der Waals surface area contributed by atoms with Crippen LogP contribution >= 0.6 is 0 Å². The summed E-state index contributed by atoms with van der Waals surface area (Å²) in [6, 6.07) is 9.17. The summed E-state index contributed by atoms with van der Waals surface area (Å²) in [4.78, 5) is 6.66. The highest BCUT2D eigenvalue weighted by Gasteiger charge is 2.20. The molecule has 1 aliphatic rings. The molecule has 0 bridgehead atoms. The molecule has 0 radical (unpaired) electrons. The first kappa shape index (κ1) is 13.6. The molecule has 114 valence electrons. The van der Waals surface area contributed by atoms with Gasteiger partial charge in [-0.15, -0.1) is 0 Å². The third-order valence-electron chi connectivity index (χ3n) is 4.69. The lowest BCUT2D eigenvalue weighted by molar-refractivity contribution is 0.266. The van der Waals surface area contributed by atoms with E-state index in [4.69, 9.17) is 4.42 Å². The highest BCUT2D eigenvalue weighted by atomic mass is 16.3. The lowest BCUT2D eigenvalue weighted by atomic mass is 10.2. The molecule has 0 saturated carbocycles. The van der Waals surface area contributed by atoms with Gasteiger partial charge in [0.2, 0.25) is 0 Å². The van der Waals surface area contributed by atoms with Gasteiger partial charge < -0.3 is 13.9 Å². The molecule has 0 amide bonds. The molecule has 3 aromatic rings. The summed E-state index contributed by atoms with van der Waals surface area (Å²) in [5.74, 6) is 1.08. The summed E-state index contributed by atoms with van der Waals surface area (Å²) >= 11 is 0. The van der Waals surface area contributed by atoms with Crippen LogP contribution in [0.5, 0.6) is 0 Å². The van der Waals surface area contributed by atoms with Crippen LogP contribution in [0.2, 0.25) is 0 Å². The predicted molar refractivity (Wildman–Crippen MR) is 87.3 cm³/mol. The van der Waals surface area contributed by atoms with Gasteiger partial charge in [0.15, 0.2) is 0 Å². The number of likely N-dealkylation sites (tertiary alicyclic amines) is 1. The van der Waals surface area contributed by atoms with E-state index in [0.717, 1.165) is 41.4 Å². The first-order valence-electron chi connectivity index (χ1n) is 8.04. The molecular weight excluding hydrogens is 274 g/mol. The lowest BCUT2D eigenvalue weighted by Gasteiger charge is -2.19. The van der Waals surface area contributed by atoms with Crippen molar-refractivity contribution in [3.63, 3.8) is 0 Å². The van der Waals surface area contributed by atoms with Crippen LogP contribution in [0.25, 0.3) is 16.7 Å². The fraction of sp³-hybridized carbons (Fsp3) is 0.389. The van der Waals surface area contributed by atoms with Gasteiger partial charge in [-0.05, 0) is 50.6 Å². The standard InChI is InChI=1S/C18H21N3O/c1-14-3-2-8-20(14)9-6-17-12-15-11-16(4-5-18(15)22-17)21-10-7-19-13-21/h4-5,7,10-14H,2-3,6,8-9H2,1H3/t14-/m1/s1. The summed E-state index contributed by atoms with van der Waals surface area (Å²) < 4.78 is 8.00. The molecule has 4 nitrogen and oxygen atoms in total. The molecule has 1 fully saturated rings. The van der Waals surface area contributed by atoms with Gasteiger partial charge in [-0.2, -0.15) is 0 Å². The van der Waals surface area contributed by atoms with Gasteiger partial charge >= 0.3 is 0 Å². The molecule has 0 N–H and O–H groups in total. The Hall–Kier alpha value is -2.07. The van der Waals surface area contributed by atoms with Crippen molar-refractivity contribution in [2.24, 2.45) is 0 Å². The summed E-state index contributed by atoms with van der Waals surface area (Å²) in [7, 11) is 0. The Kier molecular flexibility index (Phi) is 3.47. The van der Waals surface area contributed by atoms with Crippen molar-refractivity contribution >= 4 is 11.0 Å². The SMILES string of the molecule is C[C@@H]1CCCN1CCc1cc2cc(-n3ccnc3)ccc2o1. The highest BCUT2D eigenvalue weighted by Crippen LogP contribution is 2.24. The Morgan fingerprint density at radius 1 is 1.32 bits per heavy atom. The molecular formula is C18H21N3O. The molecule has 2 aromatic heterocycles. The fourth-order valence-electron chi connectivity index (χ4n) is 3.36. The second-order valence-electron chi connectivity index (χ2n) is 6.18. The first-order chi connectivity index (χ1) is 10.8. The summed E-state index contributed by atoms with van der Waals surface area (Å²) in [5.41, 5.74) is 2.08. The molecule has 1 atom stereocenters. The Balaban J connectivity index is 1.53. The van der Waals surface area contributed by atoms with Crippen LogP contribution in [0.4, 0.5) is 0 Å². The molecule has 0 aliphatic carbocycles. The summed E-state index contributed by atoms with van der Waals surface area (Å²) in [6.45, 7) is 4.64. The number of hydrogen-bond donors (Lipinski definition) is 0. The molecule has 4 rings (SSSR count). The maximum Gasteiger partial charge on any atom is 0.134 e. The molecule has 0 unspecified atom stereocenters. The van der Waals surface area contributed by atoms with Gasteiger partial charge in [-0.25, -0.2) is 4.98 Å². The van der Waals surface area contributed by atoms with Crippen LogP contribution in [-0.4, -0.2) is 33.6 Å². The van der Waals surface area contributed by atoms with Crippen molar-refractivity contribution < 1.29 is 4.42 Å². The van der Waals surface area contributed by atoms with Gasteiger partial charge in [-0.1, -0.05) is 0 Å². The molecule has 4 heteroatoms. The minimum Gasteiger partial charge on any atom is -0.461 e. The second kappa shape index (κ2) is 5.61. The molecule has 0 spiro atoms. The summed E-state index contributed by atoms with van der Waals surface area (Å²) in [5, 5.41) is 1.16. The van der Waals surface area contributed by atoms with Crippen molar-refractivity contribution in [2.45, 2.75) is 32.2 Å². The molecule has 22 heavy (non-hydrogen) atoms. The van der Waals surface area contributed by atoms with E-state index >= 15 is 0 Å². The number of benzene rings is 1. The number of aromatic nitrogens is 2. The smallest absolute Gasteiger partial charge is 0.134 e. The normalized spacial score (nSPS) is 19.2. The van der Waals surface area contributed by atoms with E-state index in [9.17, 15) is 0 Å². The van der Waals surface area contributed by atoms with E-state index in [-0.39, 0.29) is 0 Å². The van der Waals surface area contributed by atoms with E-state index in [1.165, 1.54) is 19.4 Å². The maximum atomic E-state index is 5.98. The number of imidazole rings is 1. The lowest BCUT2D eigenvalue weighted by Crippen LogP contribution is -2.28. The van der Waals surface area contributed by atoms with Crippen LogP contribution < -0.4 is 0 Å². The predicted octanol–water partition coefficient (Wildman–Crippen LogP) is 3.65. The van der Waals surface area contributed by atoms with E-state index in [0.29, 0.717) is 0 Å². The topological polar surface area (TPSA) is 34.2 Å². The van der Waals surface area contributed by atoms with Gasteiger partial charge in [0.1, 0.15) is 11.3 Å². The first-order valence-corrected chi connectivity index (χ1v) is 8.04. The molecule has 3 heterocycles. The third-order valence-corrected chi connectivity index (χ3v) is 4.69. The van der Waals surface area contributed by atoms with Crippen LogP contribution in [0.15, 0.2) is 47.4 Å². The second-order valence-corrected chi connectivity index (χ2v) is 6.18. The summed E-state index contributed by atoms with van der Waals surface area (Å²) in [6.07, 6.45) is 9.21. The van der Waals surface area contributed by atoms with E-state index in [1.54, 1.807) is 6.20 Å². The van der Waals surface area contributed by atoms with Crippen molar-refractivity contribution in [1.29, 1.82) is 0 Å². The molecule has 1 aromatic carbocycles. The van der Waals surface area contributed by atoms with Crippen molar-refractivity contribution in [3.05, 3.63) is 48.7 Å². The van der Waals surface area contributed by atoms with Crippen LogP contribution in [0.1, 0.15) is 25.5 Å². The number of nitrogens with zero attached hydrogens (tertiary/aromatic N) is 3. The Labute approximate surface area is 130 Å². The van der Waals surface area contributed by atoms with Crippen molar-refractivity contribution in [2.75, 3.05) is 13.1 Å². The Morgan fingerprint density at radius 2 is 2.27 bits per heavy atom. The monoisotopic (exact) mass is 295 g/mol. The van der Waals surface area contributed by atoms with Crippen molar-refractivity contribution in [1.82, 2.24) is 14.5 Å². The van der Waals surface area contributed by atoms with Gasteiger partial charge in [0.05, 0.1) is 6.33 Å². The zero-order chi connectivity index (χ0) is 14.9. The Morgan fingerprint density at radius 3 is 3.05 bits per heavy atom. The van der Waals surface area contributed by atoms with Gasteiger partial charge in [0, 0.05) is 42.5 Å². The maximum absolute atomic E-state index is 5.98. The minimum absolute atomic E-state index is 0.720. The van der Waals surface area contributed by atoms with Crippen LogP contribution in [0.3, 0.4) is 0 Å². The van der Waals surface area contributed by atoms with Gasteiger partial charge in [-0.3, -0.25) is 0 Å². The fourth-order valence-corrected chi connectivity index (χ4v) is 3.36. The zero-order valence-electron chi connectivity index (χ0n) is 12.9. The number of rotatable bonds is 4. The van der Waals surface area contributed by atoms with E-state index in [1.807, 2.05) is 23.2 Å². The highest BCUT2D eigenvalue weighted by molar-refractivity contribution is 5.80. The third kappa shape index (κ3) is 2.55. The number of furan rings is 1. The zero-order valence-corrected chi connectivity index (χ0v) is 12.9. The minimum atomic E-state index is 0.720. The van der Waals surface area contributed by atoms with Gasteiger partial charge in [0.25, 0.3) is 0 Å². The average molecular weight is 295 g/mol. The number of fused-ring (bicyclic) bond motifs is 1. The largest absolute Gasteiger partial charge is 0.461 e. The van der Waals surface area contributed by atoms with Crippen LogP contribution in [0, 0.1) is 0 Å². The molecule has 1 saturated heterocycles. The van der Waals surface area contributed by atoms with E-state index in [2.05, 4.69) is 35.0 Å².